The fraction of sp³-hybridized carbons (Fsp3) is 0.273. The van der Waals surface area contributed by atoms with Crippen LogP contribution >= 0.6 is 11.3 Å². The van der Waals surface area contributed by atoms with Crippen molar-refractivity contribution in [1.82, 2.24) is 9.88 Å². The highest BCUT2D eigenvalue weighted by Crippen LogP contribution is 2.31. The van der Waals surface area contributed by atoms with Gasteiger partial charge in [0.15, 0.2) is 5.13 Å². The Labute approximate surface area is 183 Å². The summed E-state index contributed by atoms with van der Waals surface area (Å²) in [6.07, 6.45) is 0. The third kappa shape index (κ3) is 4.38. The molecule has 0 radical (unpaired) electrons. The molecule has 2 aromatic carbocycles. The number of ketones is 1. The van der Waals surface area contributed by atoms with E-state index in [1.807, 2.05) is 24.3 Å². The van der Waals surface area contributed by atoms with Crippen molar-refractivity contribution in [2.45, 2.75) is 13.0 Å². The molecule has 3 N–H and O–H groups in total. The van der Waals surface area contributed by atoms with Gasteiger partial charge in [-0.15, -0.1) is 0 Å². The Morgan fingerprint density at radius 3 is 2.48 bits per heavy atom. The van der Waals surface area contributed by atoms with E-state index in [0.717, 1.165) is 54.5 Å². The first-order chi connectivity index (χ1) is 14.8. The Hall–Kier alpha value is -3.04. The second kappa shape index (κ2) is 8.60. The van der Waals surface area contributed by atoms with E-state index in [9.17, 15) is 13.6 Å². The lowest BCUT2D eigenvalue weighted by atomic mass is 10.1. The van der Waals surface area contributed by atoms with Crippen molar-refractivity contribution in [3.8, 4) is 0 Å². The van der Waals surface area contributed by atoms with Gasteiger partial charge in [0.25, 0.3) is 0 Å². The van der Waals surface area contributed by atoms with Gasteiger partial charge in [-0.3, -0.25) is 4.79 Å². The molecule has 1 aliphatic heterocycles. The van der Waals surface area contributed by atoms with Crippen LogP contribution in [0.15, 0.2) is 42.5 Å². The van der Waals surface area contributed by atoms with Crippen molar-refractivity contribution in [3.63, 3.8) is 0 Å². The molecule has 1 atom stereocenters. The summed E-state index contributed by atoms with van der Waals surface area (Å²) in [5, 5.41) is 3.48. The predicted octanol–water partition coefficient (Wildman–Crippen LogP) is 4.12. The molecule has 6 nitrogen and oxygen atoms in total. The minimum Gasteiger partial charge on any atom is -0.382 e. The number of benzene rings is 2. The first-order valence-corrected chi connectivity index (χ1v) is 10.7. The number of nitrogens with two attached hydrogens (primary N) is 1. The largest absolute Gasteiger partial charge is 0.382 e. The molecule has 0 spiro atoms. The SMILES string of the molecule is CC1CN(c2ccc(Nc3nc(N)c(C(=O)c4c(F)cccc4F)s3)cc2)CCN1C. The van der Waals surface area contributed by atoms with Gasteiger partial charge in [-0.05, 0) is 50.4 Å². The Morgan fingerprint density at radius 1 is 1.16 bits per heavy atom. The number of piperazine rings is 1. The van der Waals surface area contributed by atoms with Gasteiger partial charge < -0.3 is 20.9 Å². The van der Waals surface area contributed by atoms with Gasteiger partial charge in [-0.25, -0.2) is 13.8 Å². The average Bonchev–Trinajstić information content (AvgIpc) is 3.10. The fourth-order valence-corrected chi connectivity index (χ4v) is 4.39. The first kappa shape index (κ1) is 21.2. The number of thiazole rings is 1. The Bertz CT molecular complexity index is 1080. The van der Waals surface area contributed by atoms with E-state index in [4.69, 9.17) is 5.73 Å². The smallest absolute Gasteiger partial charge is 0.212 e. The summed E-state index contributed by atoms with van der Waals surface area (Å²) in [5.74, 6) is -2.75. The Morgan fingerprint density at radius 2 is 1.84 bits per heavy atom. The second-order valence-corrected chi connectivity index (χ2v) is 8.61. The number of hydrogen-bond acceptors (Lipinski definition) is 7. The quantitative estimate of drug-likeness (QED) is 0.578. The van der Waals surface area contributed by atoms with Crippen LogP contribution in [0.5, 0.6) is 0 Å². The summed E-state index contributed by atoms with van der Waals surface area (Å²) in [5.41, 5.74) is 7.14. The normalized spacial score (nSPS) is 17.0. The predicted molar refractivity (Wildman–Crippen MR) is 120 cm³/mol. The Kier molecular flexibility index (Phi) is 5.88. The minimum atomic E-state index is -0.930. The van der Waals surface area contributed by atoms with Gasteiger partial charge in [-0.1, -0.05) is 17.4 Å². The first-order valence-electron chi connectivity index (χ1n) is 9.90. The molecule has 3 aromatic rings. The number of carbonyl (C=O) groups is 1. The van der Waals surface area contributed by atoms with E-state index >= 15 is 0 Å². The van der Waals surface area contributed by atoms with Gasteiger partial charge >= 0.3 is 0 Å². The molecule has 0 aliphatic carbocycles. The maximum absolute atomic E-state index is 14.0. The molecule has 2 heterocycles. The van der Waals surface area contributed by atoms with Gasteiger partial charge in [0.05, 0.1) is 5.56 Å². The molecular weight excluding hydrogens is 420 g/mol. The van der Waals surface area contributed by atoms with Crippen molar-refractivity contribution in [2.75, 3.05) is 42.6 Å². The summed E-state index contributed by atoms with van der Waals surface area (Å²) in [6.45, 7) is 5.15. The van der Waals surface area contributed by atoms with Gasteiger partial charge in [-0.2, -0.15) is 0 Å². The number of nitrogens with zero attached hydrogens (tertiary/aromatic N) is 3. The van der Waals surface area contributed by atoms with Crippen LogP contribution in [-0.2, 0) is 0 Å². The number of likely N-dealkylation sites (N-methyl/N-ethyl adjacent to an activating group) is 1. The number of rotatable bonds is 5. The molecule has 1 fully saturated rings. The molecule has 1 unspecified atom stereocenters. The highest BCUT2D eigenvalue weighted by atomic mass is 32.1. The lowest BCUT2D eigenvalue weighted by molar-refractivity contribution is 0.103. The molecule has 0 saturated carbocycles. The molecule has 9 heteroatoms. The summed E-state index contributed by atoms with van der Waals surface area (Å²) < 4.78 is 27.9. The topological polar surface area (TPSA) is 74.5 Å². The van der Waals surface area contributed by atoms with E-state index in [0.29, 0.717) is 11.2 Å². The number of nitrogens with one attached hydrogen (secondary N) is 1. The van der Waals surface area contributed by atoms with Crippen LogP contribution in [0, 0.1) is 11.6 Å². The zero-order valence-electron chi connectivity index (χ0n) is 17.2. The number of anilines is 4. The molecule has 1 aliphatic rings. The molecule has 162 valence electrons. The molecule has 1 saturated heterocycles. The zero-order valence-corrected chi connectivity index (χ0v) is 18.0. The Balaban J connectivity index is 1.49. The van der Waals surface area contributed by atoms with Crippen molar-refractivity contribution < 1.29 is 13.6 Å². The zero-order chi connectivity index (χ0) is 22.1. The monoisotopic (exact) mass is 443 g/mol. The van der Waals surface area contributed by atoms with E-state index in [1.165, 1.54) is 6.07 Å². The van der Waals surface area contributed by atoms with Gasteiger partial charge in [0.2, 0.25) is 5.78 Å². The third-order valence-electron chi connectivity index (χ3n) is 5.49. The molecule has 1 aromatic heterocycles. The lowest BCUT2D eigenvalue weighted by Gasteiger charge is -2.39. The number of aromatic nitrogens is 1. The molecule has 0 bridgehead atoms. The fourth-order valence-electron chi connectivity index (χ4n) is 3.54. The average molecular weight is 444 g/mol. The summed E-state index contributed by atoms with van der Waals surface area (Å²) >= 11 is 0.961. The standard InChI is InChI=1S/C22H23F2N5OS/c1-13-12-29(11-10-28(13)2)15-8-6-14(7-9-15)26-22-27-21(25)20(31-22)19(30)18-16(23)4-3-5-17(18)24/h3-9,13H,10-12,25H2,1-2H3,(H,26,27). The van der Waals surface area contributed by atoms with Crippen LogP contribution in [0.2, 0.25) is 0 Å². The summed E-state index contributed by atoms with van der Waals surface area (Å²) in [6, 6.07) is 11.7. The van der Waals surface area contributed by atoms with E-state index in [2.05, 4.69) is 34.1 Å². The van der Waals surface area contributed by atoms with Gasteiger partial charge in [0, 0.05) is 37.1 Å². The van der Waals surface area contributed by atoms with Crippen LogP contribution in [0.3, 0.4) is 0 Å². The summed E-state index contributed by atoms with van der Waals surface area (Å²) in [4.78, 5) is 21.4. The van der Waals surface area contributed by atoms with E-state index in [-0.39, 0.29) is 10.7 Å². The maximum atomic E-state index is 14.0. The van der Waals surface area contributed by atoms with Crippen molar-refractivity contribution in [3.05, 3.63) is 64.5 Å². The lowest BCUT2D eigenvalue weighted by Crippen LogP contribution is -2.50. The number of nitrogen functional groups attached to an aromatic ring is 1. The van der Waals surface area contributed by atoms with Crippen LogP contribution in [0.4, 0.5) is 31.1 Å². The highest BCUT2D eigenvalue weighted by Gasteiger charge is 2.24. The minimum absolute atomic E-state index is 0.00505. The molecule has 0 amide bonds. The van der Waals surface area contributed by atoms with Crippen LogP contribution in [-0.4, -0.2) is 48.4 Å². The van der Waals surface area contributed by atoms with Crippen LogP contribution in [0.25, 0.3) is 0 Å². The number of halogens is 2. The van der Waals surface area contributed by atoms with Crippen LogP contribution in [0.1, 0.15) is 22.2 Å². The van der Waals surface area contributed by atoms with Crippen molar-refractivity contribution >= 4 is 39.4 Å². The molecule has 4 rings (SSSR count). The summed E-state index contributed by atoms with van der Waals surface area (Å²) in [7, 11) is 2.13. The van der Waals surface area contributed by atoms with E-state index < -0.39 is 23.0 Å². The maximum Gasteiger partial charge on any atom is 0.212 e. The van der Waals surface area contributed by atoms with Crippen molar-refractivity contribution in [1.29, 1.82) is 0 Å². The van der Waals surface area contributed by atoms with E-state index in [1.54, 1.807) is 0 Å². The molecular formula is C22H23F2N5OS. The third-order valence-corrected chi connectivity index (χ3v) is 6.48. The van der Waals surface area contributed by atoms with Crippen molar-refractivity contribution in [2.24, 2.45) is 0 Å². The number of hydrogen-bond donors (Lipinski definition) is 2. The second-order valence-electron chi connectivity index (χ2n) is 7.61. The highest BCUT2D eigenvalue weighted by molar-refractivity contribution is 7.18. The van der Waals surface area contributed by atoms with Crippen LogP contribution < -0.4 is 16.0 Å². The number of carbonyl (C=O) groups excluding carboxylic acids is 1. The molecule has 31 heavy (non-hydrogen) atoms. The van der Waals surface area contributed by atoms with Gasteiger partial charge in [0.1, 0.15) is 22.3 Å².